The van der Waals surface area contributed by atoms with Crippen LogP contribution in [0.15, 0.2) is 85.1 Å². The standard InChI is InChI=1S/C71H124O6/c1-4-7-10-13-16-19-22-25-28-29-30-31-32-33-34-35-36-37-38-39-40-41-44-46-49-52-55-58-61-64-70(73)76-67-68(77-71(74)65-62-59-56-53-50-47-43-27-24-21-18-15-12-9-6-3)66-75-69(72)63-60-57-54-51-48-45-42-26-23-20-17-14-11-8-5-2/h9,12,17-18,20-22,25-27,29-30,42-43,68H,4-8,10-11,13-16,19,23-24,28,31-41,44-67H2,1-3H3/b12-9-,20-17-,21-18-,25-22-,30-29-,42-26-,43-27-. The lowest BCUT2D eigenvalue weighted by atomic mass is 10.0. The second kappa shape index (κ2) is 65.1. The van der Waals surface area contributed by atoms with Crippen molar-refractivity contribution in [1.29, 1.82) is 0 Å². The Hall–Kier alpha value is -3.41. The van der Waals surface area contributed by atoms with Crippen LogP contribution >= 0.6 is 0 Å². The van der Waals surface area contributed by atoms with E-state index < -0.39 is 6.10 Å². The molecule has 6 heteroatoms. The molecule has 0 aliphatic rings. The Balaban J connectivity index is 4.24. The quantitative estimate of drug-likeness (QED) is 0.0261. The first-order valence-corrected chi connectivity index (χ1v) is 33.1. The van der Waals surface area contributed by atoms with Crippen LogP contribution in [0.2, 0.25) is 0 Å². The first-order valence-electron chi connectivity index (χ1n) is 33.1. The minimum atomic E-state index is -0.792. The van der Waals surface area contributed by atoms with Crippen molar-refractivity contribution in [3.05, 3.63) is 85.1 Å². The molecular weight excluding hydrogens is 949 g/mol. The Morgan fingerprint density at radius 1 is 0.273 bits per heavy atom. The topological polar surface area (TPSA) is 78.9 Å². The van der Waals surface area contributed by atoms with Gasteiger partial charge in [0.15, 0.2) is 6.10 Å². The van der Waals surface area contributed by atoms with Gasteiger partial charge in [0.1, 0.15) is 13.2 Å². The Kier molecular flexibility index (Phi) is 62.2. The van der Waals surface area contributed by atoms with Crippen LogP contribution in [-0.2, 0) is 28.6 Å². The summed E-state index contributed by atoms with van der Waals surface area (Å²) in [7, 11) is 0. The predicted octanol–water partition coefficient (Wildman–Crippen LogP) is 22.7. The second-order valence-electron chi connectivity index (χ2n) is 22.0. The molecule has 0 aliphatic heterocycles. The maximum atomic E-state index is 12.9. The molecule has 0 saturated heterocycles. The zero-order valence-electron chi connectivity index (χ0n) is 51.0. The highest BCUT2D eigenvalue weighted by atomic mass is 16.6. The van der Waals surface area contributed by atoms with Gasteiger partial charge in [0.25, 0.3) is 0 Å². The predicted molar refractivity (Wildman–Crippen MR) is 334 cm³/mol. The summed E-state index contributed by atoms with van der Waals surface area (Å²) in [6, 6.07) is 0. The fourth-order valence-corrected chi connectivity index (χ4v) is 9.40. The molecule has 0 aromatic carbocycles. The number of hydrogen-bond acceptors (Lipinski definition) is 6. The van der Waals surface area contributed by atoms with Crippen molar-refractivity contribution in [1.82, 2.24) is 0 Å². The molecule has 0 radical (unpaired) electrons. The number of carbonyl (C=O) groups excluding carboxylic acids is 3. The van der Waals surface area contributed by atoms with Gasteiger partial charge in [-0.05, 0) is 116 Å². The Morgan fingerprint density at radius 3 is 0.818 bits per heavy atom. The van der Waals surface area contributed by atoms with Gasteiger partial charge in [0, 0.05) is 19.3 Å². The van der Waals surface area contributed by atoms with Gasteiger partial charge in [-0.2, -0.15) is 0 Å². The maximum absolute atomic E-state index is 12.9. The van der Waals surface area contributed by atoms with E-state index in [1.807, 2.05) is 0 Å². The molecule has 0 heterocycles. The summed E-state index contributed by atoms with van der Waals surface area (Å²) in [4.78, 5) is 38.3. The molecular formula is C71H124O6. The van der Waals surface area contributed by atoms with E-state index in [0.717, 1.165) is 122 Å². The van der Waals surface area contributed by atoms with E-state index in [0.29, 0.717) is 19.3 Å². The Morgan fingerprint density at radius 2 is 0.506 bits per heavy atom. The summed E-state index contributed by atoms with van der Waals surface area (Å²) in [6.07, 6.45) is 86.0. The summed E-state index contributed by atoms with van der Waals surface area (Å²) in [6.45, 7) is 6.50. The van der Waals surface area contributed by atoms with Crippen molar-refractivity contribution in [2.45, 2.75) is 335 Å². The molecule has 0 aliphatic carbocycles. The normalized spacial score (nSPS) is 12.6. The van der Waals surface area contributed by atoms with E-state index in [2.05, 4.69) is 106 Å². The van der Waals surface area contributed by atoms with E-state index >= 15 is 0 Å². The lowest BCUT2D eigenvalue weighted by Gasteiger charge is -2.18. The molecule has 0 aromatic rings. The molecule has 0 saturated carbocycles. The van der Waals surface area contributed by atoms with E-state index in [-0.39, 0.29) is 31.1 Å². The van der Waals surface area contributed by atoms with Gasteiger partial charge in [-0.15, -0.1) is 0 Å². The zero-order valence-corrected chi connectivity index (χ0v) is 51.0. The summed E-state index contributed by atoms with van der Waals surface area (Å²) in [5.74, 6) is -0.905. The highest BCUT2D eigenvalue weighted by Gasteiger charge is 2.19. The average Bonchev–Trinajstić information content (AvgIpc) is 3.43. The van der Waals surface area contributed by atoms with Crippen molar-refractivity contribution in [2.24, 2.45) is 0 Å². The molecule has 6 nitrogen and oxygen atoms in total. The summed E-state index contributed by atoms with van der Waals surface area (Å²) in [5.41, 5.74) is 0. The van der Waals surface area contributed by atoms with Crippen LogP contribution in [0.3, 0.4) is 0 Å². The zero-order chi connectivity index (χ0) is 55.7. The summed E-state index contributed by atoms with van der Waals surface area (Å²) in [5, 5.41) is 0. The van der Waals surface area contributed by atoms with Crippen molar-refractivity contribution < 1.29 is 28.6 Å². The number of unbranched alkanes of at least 4 members (excludes halogenated alkanes) is 35. The van der Waals surface area contributed by atoms with Crippen LogP contribution in [0.5, 0.6) is 0 Å². The highest BCUT2D eigenvalue weighted by Crippen LogP contribution is 2.17. The van der Waals surface area contributed by atoms with Crippen molar-refractivity contribution in [3.63, 3.8) is 0 Å². The van der Waals surface area contributed by atoms with Crippen LogP contribution in [0, 0.1) is 0 Å². The Labute approximate surface area is 477 Å². The number of allylic oxidation sites excluding steroid dienone is 14. The highest BCUT2D eigenvalue weighted by molar-refractivity contribution is 5.71. The minimum absolute atomic E-state index is 0.0863. The molecule has 0 bridgehead atoms. The molecule has 0 fully saturated rings. The van der Waals surface area contributed by atoms with Crippen LogP contribution in [0.1, 0.15) is 329 Å². The Bertz CT molecular complexity index is 1470. The van der Waals surface area contributed by atoms with Crippen LogP contribution in [0.4, 0.5) is 0 Å². The SMILES string of the molecule is CC/C=C\C/C=C\C/C=C\CCCCCCCC(=O)OC(COC(=O)CCCCCCC/C=C\C/C=C\CCCCC)COC(=O)CCCCCCCCCCCCCCCCCCC/C=C\C/C=C\CCCCCCC. The third-order valence-electron chi connectivity index (χ3n) is 14.4. The molecule has 0 aromatic heterocycles. The number of esters is 3. The fourth-order valence-electron chi connectivity index (χ4n) is 9.40. The van der Waals surface area contributed by atoms with Gasteiger partial charge in [-0.3, -0.25) is 14.4 Å². The molecule has 0 amide bonds. The number of rotatable bonds is 60. The first-order chi connectivity index (χ1) is 38.0. The van der Waals surface area contributed by atoms with Gasteiger partial charge < -0.3 is 14.2 Å². The largest absolute Gasteiger partial charge is 0.462 e. The summed E-state index contributed by atoms with van der Waals surface area (Å²) < 4.78 is 16.9. The molecule has 0 rings (SSSR count). The van der Waals surface area contributed by atoms with Crippen molar-refractivity contribution in [2.75, 3.05) is 13.2 Å². The lowest BCUT2D eigenvalue weighted by Crippen LogP contribution is -2.30. The van der Waals surface area contributed by atoms with Crippen LogP contribution in [-0.4, -0.2) is 37.2 Å². The first kappa shape index (κ1) is 73.6. The van der Waals surface area contributed by atoms with Gasteiger partial charge in [0.2, 0.25) is 0 Å². The second-order valence-corrected chi connectivity index (χ2v) is 22.0. The smallest absolute Gasteiger partial charge is 0.306 e. The number of carbonyl (C=O) groups is 3. The van der Waals surface area contributed by atoms with E-state index in [9.17, 15) is 14.4 Å². The van der Waals surface area contributed by atoms with Crippen LogP contribution in [0.25, 0.3) is 0 Å². The third kappa shape index (κ3) is 63.3. The molecule has 444 valence electrons. The molecule has 77 heavy (non-hydrogen) atoms. The van der Waals surface area contributed by atoms with Gasteiger partial charge in [-0.1, -0.05) is 279 Å². The van der Waals surface area contributed by atoms with Crippen molar-refractivity contribution >= 4 is 17.9 Å². The third-order valence-corrected chi connectivity index (χ3v) is 14.4. The fraction of sp³-hybridized carbons (Fsp3) is 0.761. The van der Waals surface area contributed by atoms with Gasteiger partial charge >= 0.3 is 17.9 Å². The van der Waals surface area contributed by atoms with Gasteiger partial charge in [-0.25, -0.2) is 0 Å². The maximum Gasteiger partial charge on any atom is 0.306 e. The van der Waals surface area contributed by atoms with E-state index in [1.165, 1.54) is 167 Å². The van der Waals surface area contributed by atoms with Gasteiger partial charge in [0.05, 0.1) is 0 Å². The molecule has 1 atom stereocenters. The van der Waals surface area contributed by atoms with Crippen LogP contribution < -0.4 is 0 Å². The van der Waals surface area contributed by atoms with Crippen molar-refractivity contribution in [3.8, 4) is 0 Å². The molecule has 0 N–H and O–H groups in total. The van der Waals surface area contributed by atoms with E-state index in [1.54, 1.807) is 0 Å². The summed E-state index contributed by atoms with van der Waals surface area (Å²) >= 11 is 0. The molecule has 1 unspecified atom stereocenters. The average molecular weight is 1070 g/mol. The van der Waals surface area contributed by atoms with E-state index in [4.69, 9.17) is 14.2 Å². The number of ether oxygens (including phenoxy) is 3. The monoisotopic (exact) mass is 1070 g/mol. The lowest BCUT2D eigenvalue weighted by molar-refractivity contribution is -0.167. The molecule has 0 spiro atoms. The number of hydrogen-bond donors (Lipinski definition) is 0. The minimum Gasteiger partial charge on any atom is -0.462 e.